The lowest BCUT2D eigenvalue weighted by molar-refractivity contribution is -0.117. The van der Waals surface area contributed by atoms with Crippen molar-refractivity contribution in [1.29, 1.82) is 0 Å². The highest BCUT2D eigenvalue weighted by atomic mass is 16.3. The SMILES string of the molecule is CCCCC(=O)CN=O. The Labute approximate surface area is 54.4 Å². The first kappa shape index (κ1) is 8.27. The number of hydrogen-bond donors (Lipinski definition) is 0. The molecule has 0 amide bonds. The van der Waals surface area contributed by atoms with Crippen molar-refractivity contribution in [1.82, 2.24) is 0 Å². The lowest BCUT2D eigenvalue weighted by Crippen LogP contribution is -2.00. The fourth-order valence-corrected chi connectivity index (χ4v) is 0.525. The van der Waals surface area contributed by atoms with Crippen molar-refractivity contribution >= 4 is 5.78 Å². The van der Waals surface area contributed by atoms with Crippen LogP contribution in [0.5, 0.6) is 0 Å². The third-order valence-corrected chi connectivity index (χ3v) is 1.05. The van der Waals surface area contributed by atoms with Crippen LogP contribution in [0.1, 0.15) is 26.2 Å². The zero-order valence-electron chi connectivity index (χ0n) is 5.59. The average Bonchev–Trinajstić information content (AvgIpc) is 1.85. The minimum atomic E-state index is -0.153. The van der Waals surface area contributed by atoms with Crippen molar-refractivity contribution in [3.63, 3.8) is 0 Å². The number of nitrogens with zero attached hydrogens (tertiary/aromatic N) is 1. The van der Waals surface area contributed by atoms with E-state index in [1.165, 1.54) is 0 Å². The molecule has 0 aromatic heterocycles. The molecule has 0 bridgehead atoms. The van der Waals surface area contributed by atoms with Crippen LogP contribution in [0.15, 0.2) is 5.18 Å². The summed E-state index contributed by atoms with van der Waals surface area (Å²) in [6.07, 6.45) is 2.36. The van der Waals surface area contributed by atoms with Gasteiger partial charge in [-0.05, 0) is 6.42 Å². The Hall–Kier alpha value is -0.730. The van der Waals surface area contributed by atoms with E-state index in [0.29, 0.717) is 6.42 Å². The smallest absolute Gasteiger partial charge is 0.157 e. The third kappa shape index (κ3) is 5.14. The van der Waals surface area contributed by atoms with Crippen molar-refractivity contribution in [3.05, 3.63) is 4.91 Å². The van der Waals surface area contributed by atoms with Crippen LogP contribution in [0.4, 0.5) is 0 Å². The highest BCUT2D eigenvalue weighted by Crippen LogP contribution is 1.94. The van der Waals surface area contributed by atoms with E-state index in [0.717, 1.165) is 12.8 Å². The van der Waals surface area contributed by atoms with E-state index in [1.807, 2.05) is 6.92 Å². The van der Waals surface area contributed by atoms with E-state index in [4.69, 9.17) is 0 Å². The summed E-state index contributed by atoms with van der Waals surface area (Å²) in [6.45, 7) is 1.85. The van der Waals surface area contributed by atoms with E-state index < -0.39 is 0 Å². The quantitative estimate of drug-likeness (QED) is 0.528. The number of carbonyl (C=O) groups is 1. The molecule has 0 rings (SSSR count). The van der Waals surface area contributed by atoms with Crippen molar-refractivity contribution < 1.29 is 4.79 Å². The highest BCUT2D eigenvalue weighted by Gasteiger charge is 1.98. The molecule has 0 saturated carbocycles. The molecule has 0 aliphatic heterocycles. The van der Waals surface area contributed by atoms with Crippen LogP contribution < -0.4 is 0 Å². The van der Waals surface area contributed by atoms with Crippen LogP contribution in [-0.4, -0.2) is 12.3 Å². The largest absolute Gasteiger partial charge is 0.297 e. The molecule has 52 valence electrons. The van der Waals surface area contributed by atoms with Gasteiger partial charge in [-0.15, -0.1) is 0 Å². The van der Waals surface area contributed by atoms with Gasteiger partial charge in [-0.1, -0.05) is 18.5 Å². The minimum Gasteiger partial charge on any atom is -0.297 e. The number of rotatable bonds is 5. The van der Waals surface area contributed by atoms with E-state index in [2.05, 4.69) is 5.18 Å². The summed E-state index contributed by atoms with van der Waals surface area (Å²) in [7, 11) is 0. The van der Waals surface area contributed by atoms with Gasteiger partial charge in [0.2, 0.25) is 0 Å². The van der Waals surface area contributed by atoms with Crippen LogP contribution in [0.25, 0.3) is 0 Å². The zero-order chi connectivity index (χ0) is 7.11. The first-order chi connectivity index (χ1) is 4.31. The summed E-state index contributed by atoms with van der Waals surface area (Å²) in [5.41, 5.74) is 0. The van der Waals surface area contributed by atoms with Gasteiger partial charge in [0.05, 0.1) is 0 Å². The molecule has 0 heterocycles. The molecule has 0 spiro atoms. The van der Waals surface area contributed by atoms with E-state index >= 15 is 0 Å². The van der Waals surface area contributed by atoms with Crippen LogP contribution in [0.3, 0.4) is 0 Å². The van der Waals surface area contributed by atoms with Crippen molar-refractivity contribution in [2.45, 2.75) is 26.2 Å². The fourth-order valence-electron chi connectivity index (χ4n) is 0.525. The standard InChI is InChI=1S/C6H11NO2/c1-2-3-4-6(8)5-7-9/h2-5H2,1H3. The molecule has 0 fully saturated rings. The first-order valence-corrected chi connectivity index (χ1v) is 3.12. The Morgan fingerprint density at radius 1 is 1.56 bits per heavy atom. The van der Waals surface area contributed by atoms with Crippen molar-refractivity contribution in [3.8, 4) is 0 Å². The predicted octanol–water partition coefficient (Wildman–Crippen LogP) is 1.51. The van der Waals surface area contributed by atoms with Gasteiger partial charge in [-0.3, -0.25) is 4.79 Å². The monoisotopic (exact) mass is 129 g/mol. The molecule has 0 radical (unpaired) electrons. The topological polar surface area (TPSA) is 46.5 Å². The normalized spacial score (nSPS) is 9.00. The maximum Gasteiger partial charge on any atom is 0.157 e. The Kier molecular flexibility index (Phi) is 4.97. The summed E-state index contributed by atoms with van der Waals surface area (Å²) in [5, 5.41) is 2.49. The molecule has 0 saturated heterocycles. The number of hydrogen-bond acceptors (Lipinski definition) is 3. The Morgan fingerprint density at radius 3 is 2.67 bits per heavy atom. The minimum absolute atomic E-state index is 0.0492. The van der Waals surface area contributed by atoms with Crippen LogP contribution in [-0.2, 0) is 4.79 Å². The molecule has 0 aliphatic rings. The Morgan fingerprint density at radius 2 is 2.22 bits per heavy atom. The van der Waals surface area contributed by atoms with Gasteiger partial charge in [0.15, 0.2) is 5.78 Å². The van der Waals surface area contributed by atoms with Crippen molar-refractivity contribution in [2.75, 3.05) is 6.54 Å². The second-order valence-electron chi connectivity index (χ2n) is 1.93. The van der Waals surface area contributed by atoms with E-state index in [9.17, 15) is 9.70 Å². The Bertz CT molecular complexity index is 101. The third-order valence-electron chi connectivity index (χ3n) is 1.05. The summed E-state index contributed by atoms with van der Waals surface area (Å²) < 4.78 is 0. The Balaban J connectivity index is 3.16. The molecular weight excluding hydrogens is 118 g/mol. The molecule has 0 aromatic carbocycles. The predicted molar refractivity (Wildman–Crippen MR) is 35.2 cm³/mol. The zero-order valence-corrected chi connectivity index (χ0v) is 5.59. The molecule has 0 N–H and O–H groups in total. The number of ketones is 1. The highest BCUT2D eigenvalue weighted by molar-refractivity contribution is 5.80. The number of Topliss-reactive ketones (excluding diaryl/α,β-unsaturated/α-hetero) is 1. The summed E-state index contributed by atoms with van der Waals surface area (Å²) >= 11 is 0. The molecule has 0 aromatic rings. The molecular formula is C6H11NO2. The second kappa shape index (κ2) is 5.41. The van der Waals surface area contributed by atoms with Gasteiger partial charge in [0.1, 0.15) is 6.54 Å². The molecule has 0 atom stereocenters. The van der Waals surface area contributed by atoms with Gasteiger partial charge >= 0.3 is 0 Å². The van der Waals surface area contributed by atoms with Gasteiger partial charge in [-0.25, -0.2) is 0 Å². The molecule has 3 nitrogen and oxygen atoms in total. The van der Waals surface area contributed by atoms with E-state index in [1.54, 1.807) is 0 Å². The number of carbonyl (C=O) groups excluding carboxylic acids is 1. The molecule has 3 heteroatoms. The summed E-state index contributed by atoms with van der Waals surface area (Å²) in [6, 6.07) is 0. The van der Waals surface area contributed by atoms with E-state index in [-0.39, 0.29) is 12.3 Å². The lowest BCUT2D eigenvalue weighted by Gasteiger charge is -1.90. The number of unbranched alkanes of at least 4 members (excludes halogenated alkanes) is 1. The maximum absolute atomic E-state index is 10.5. The molecule has 0 unspecified atom stereocenters. The van der Waals surface area contributed by atoms with Crippen molar-refractivity contribution in [2.24, 2.45) is 5.18 Å². The summed E-state index contributed by atoms with van der Waals surface area (Å²) in [4.78, 5) is 20.0. The lowest BCUT2D eigenvalue weighted by atomic mass is 10.2. The molecule has 0 aliphatic carbocycles. The molecule has 9 heavy (non-hydrogen) atoms. The second-order valence-corrected chi connectivity index (χ2v) is 1.93. The van der Waals surface area contributed by atoms with Gasteiger partial charge < -0.3 is 0 Å². The first-order valence-electron chi connectivity index (χ1n) is 3.12. The number of nitroso groups, excluding NO2 is 1. The maximum atomic E-state index is 10.5. The average molecular weight is 129 g/mol. The van der Waals surface area contributed by atoms with Gasteiger partial charge in [-0.2, -0.15) is 4.91 Å². The van der Waals surface area contributed by atoms with Crippen LogP contribution in [0.2, 0.25) is 0 Å². The van der Waals surface area contributed by atoms with Crippen LogP contribution >= 0.6 is 0 Å². The van der Waals surface area contributed by atoms with Gasteiger partial charge in [0, 0.05) is 6.42 Å². The fraction of sp³-hybridized carbons (Fsp3) is 0.833. The van der Waals surface area contributed by atoms with Crippen LogP contribution in [0, 0.1) is 4.91 Å². The summed E-state index contributed by atoms with van der Waals surface area (Å²) in [5.74, 6) is -0.0492. The van der Waals surface area contributed by atoms with Gasteiger partial charge in [0.25, 0.3) is 0 Å².